The lowest BCUT2D eigenvalue weighted by Gasteiger charge is -2.44. The molecule has 1 aromatic carbocycles. The molecule has 3 aliphatic rings. The molecule has 210 valence electrons. The van der Waals surface area contributed by atoms with Crippen molar-refractivity contribution in [3.05, 3.63) is 29.6 Å². The summed E-state index contributed by atoms with van der Waals surface area (Å²) in [6.45, 7) is 1.63. The number of hydrogen-bond acceptors (Lipinski definition) is 6. The van der Waals surface area contributed by atoms with Gasteiger partial charge >= 0.3 is 6.18 Å². The van der Waals surface area contributed by atoms with E-state index in [4.69, 9.17) is 0 Å². The minimum Gasteiger partial charge on any atom is -0.369 e. The van der Waals surface area contributed by atoms with Gasteiger partial charge in [0.2, 0.25) is 10.0 Å². The van der Waals surface area contributed by atoms with Gasteiger partial charge in [-0.25, -0.2) is 18.3 Å². The fraction of sp³-hybridized carbons (Fsp3) is 0.696. The van der Waals surface area contributed by atoms with Crippen LogP contribution in [-0.2, 0) is 21.2 Å². The predicted molar refractivity (Wildman–Crippen MR) is 132 cm³/mol. The van der Waals surface area contributed by atoms with Crippen LogP contribution in [0.25, 0.3) is 0 Å². The van der Waals surface area contributed by atoms with Gasteiger partial charge < -0.3 is 9.80 Å². The lowest BCUT2D eigenvalue weighted by molar-refractivity contribution is -0.135. The number of halogens is 5. The number of anilines is 1. The summed E-state index contributed by atoms with van der Waals surface area (Å²) in [5.74, 6) is -1.51. The van der Waals surface area contributed by atoms with Crippen molar-refractivity contribution in [3.63, 3.8) is 0 Å². The fourth-order valence-electron chi connectivity index (χ4n) is 5.24. The number of carbonyl (C=O) groups is 1. The number of piperidine rings is 1. The van der Waals surface area contributed by atoms with E-state index in [2.05, 4.69) is 4.90 Å². The Bertz CT molecular complexity index is 1060. The zero-order valence-electron chi connectivity index (χ0n) is 20.3. The van der Waals surface area contributed by atoms with Gasteiger partial charge in [-0.1, -0.05) is 6.07 Å². The zero-order chi connectivity index (χ0) is 26.1. The molecule has 0 atom stereocenters. The number of aryl methyl sites for hydroxylation is 1. The molecular formula is C23H33ClF4N4O4S. The van der Waals surface area contributed by atoms with Gasteiger partial charge in [-0.2, -0.15) is 17.5 Å². The maximum Gasteiger partial charge on any atom is 0.389 e. The van der Waals surface area contributed by atoms with Crippen molar-refractivity contribution in [2.75, 3.05) is 44.2 Å². The van der Waals surface area contributed by atoms with Gasteiger partial charge in [-0.3, -0.25) is 10.0 Å². The number of hydroxylamine groups is 1. The van der Waals surface area contributed by atoms with E-state index in [1.165, 1.54) is 16.4 Å². The molecule has 1 saturated carbocycles. The molecule has 0 unspecified atom stereocenters. The highest BCUT2D eigenvalue weighted by atomic mass is 35.5. The van der Waals surface area contributed by atoms with Crippen LogP contribution in [-0.4, -0.2) is 85.0 Å². The number of nitrogens with zero attached hydrogens (tertiary/aromatic N) is 3. The van der Waals surface area contributed by atoms with Crippen LogP contribution >= 0.6 is 12.4 Å². The summed E-state index contributed by atoms with van der Waals surface area (Å²) in [6, 6.07) is 4.81. The van der Waals surface area contributed by atoms with Crippen LogP contribution in [0, 0.1) is 5.82 Å². The third-order valence-corrected chi connectivity index (χ3v) is 10.2. The molecule has 2 saturated heterocycles. The smallest absolute Gasteiger partial charge is 0.369 e. The molecule has 14 heteroatoms. The lowest BCUT2D eigenvalue weighted by atomic mass is 9.95. The number of sulfonamides is 1. The molecule has 1 aliphatic carbocycles. The molecule has 4 rings (SSSR count). The van der Waals surface area contributed by atoms with Gasteiger partial charge in [-0.05, 0) is 56.2 Å². The van der Waals surface area contributed by atoms with Gasteiger partial charge in [0.1, 0.15) is 5.82 Å². The number of alkyl halides is 3. The Morgan fingerprint density at radius 3 is 2.22 bits per heavy atom. The Balaban J connectivity index is 0.00000380. The summed E-state index contributed by atoms with van der Waals surface area (Å²) in [7, 11) is -4.09. The van der Waals surface area contributed by atoms with Gasteiger partial charge in [0, 0.05) is 57.4 Å². The third kappa shape index (κ3) is 6.49. The van der Waals surface area contributed by atoms with Crippen molar-refractivity contribution < 1.29 is 36.0 Å². The maximum absolute atomic E-state index is 14.5. The molecule has 0 spiro atoms. The van der Waals surface area contributed by atoms with Crippen LogP contribution in [0.5, 0.6) is 0 Å². The lowest BCUT2D eigenvalue weighted by Crippen LogP contribution is -2.63. The summed E-state index contributed by atoms with van der Waals surface area (Å²) < 4.78 is 78.4. The van der Waals surface area contributed by atoms with E-state index in [0.717, 1.165) is 12.8 Å². The Labute approximate surface area is 220 Å². The monoisotopic (exact) mass is 572 g/mol. The first kappa shape index (κ1) is 29.9. The van der Waals surface area contributed by atoms with E-state index in [1.807, 2.05) is 4.90 Å². The van der Waals surface area contributed by atoms with E-state index in [0.29, 0.717) is 24.8 Å². The normalized spacial score (nSPS) is 21.4. The van der Waals surface area contributed by atoms with Gasteiger partial charge in [-0.15, -0.1) is 12.4 Å². The molecular weight excluding hydrogens is 540 g/mol. The Kier molecular flexibility index (Phi) is 9.37. The second kappa shape index (κ2) is 11.6. The number of likely N-dealkylation sites (tertiary alicyclic amines) is 1. The van der Waals surface area contributed by atoms with Crippen LogP contribution in [0.4, 0.5) is 23.2 Å². The molecule has 0 bridgehead atoms. The number of nitrogens with one attached hydrogen (secondary N) is 1. The quantitative estimate of drug-likeness (QED) is 0.283. The zero-order valence-corrected chi connectivity index (χ0v) is 22.0. The average molecular weight is 573 g/mol. The second-order valence-electron chi connectivity index (χ2n) is 9.84. The number of hydrogen-bond donors (Lipinski definition) is 2. The molecule has 2 heterocycles. The molecule has 2 N–H and O–H groups in total. The van der Waals surface area contributed by atoms with Gasteiger partial charge in [0.15, 0.2) is 4.75 Å². The highest BCUT2D eigenvalue weighted by Crippen LogP contribution is 2.38. The topological polar surface area (TPSA) is 93.2 Å². The van der Waals surface area contributed by atoms with E-state index < -0.39 is 39.1 Å². The minimum atomic E-state index is -4.28. The standard InChI is InChI=1S/C23H32F4N4O4S.ClH/c24-20-16-19(4-3-17(20)2-1-7-23(25,26)27)30-12-14-31(15-13-30)36(34,35)22(21(32)28-33)8-10-29(11-9-22)18-5-6-18;/h3-4,16,18,33H,1-2,5-15H2,(H,28,32);1H. The van der Waals surface area contributed by atoms with Crippen molar-refractivity contribution in [2.24, 2.45) is 0 Å². The fourth-order valence-corrected chi connectivity index (χ4v) is 7.36. The van der Waals surface area contributed by atoms with Crippen molar-refractivity contribution in [3.8, 4) is 0 Å². The summed E-state index contributed by atoms with van der Waals surface area (Å²) in [5.41, 5.74) is 2.30. The first-order chi connectivity index (χ1) is 17.0. The first-order valence-corrected chi connectivity index (χ1v) is 13.7. The molecule has 8 nitrogen and oxygen atoms in total. The highest BCUT2D eigenvalue weighted by molar-refractivity contribution is 7.91. The first-order valence-electron chi connectivity index (χ1n) is 12.3. The van der Waals surface area contributed by atoms with E-state index in [1.54, 1.807) is 11.5 Å². The van der Waals surface area contributed by atoms with E-state index in [9.17, 15) is 36.0 Å². The number of piperazine rings is 1. The van der Waals surface area contributed by atoms with Crippen LogP contribution in [0.1, 0.15) is 44.1 Å². The molecule has 1 aromatic rings. The molecule has 3 fully saturated rings. The molecule has 1 amide bonds. The second-order valence-corrected chi connectivity index (χ2v) is 12.1. The summed E-state index contributed by atoms with van der Waals surface area (Å²) >= 11 is 0. The van der Waals surface area contributed by atoms with Crippen LogP contribution in [0.2, 0.25) is 0 Å². The largest absolute Gasteiger partial charge is 0.389 e. The van der Waals surface area contributed by atoms with Crippen molar-refractivity contribution in [1.82, 2.24) is 14.7 Å². The van der Waals surface area contributed by atoms with Crippen molar-refractivity contribution in [1.29, 1.82) is 0 Å². The van der Waals surface area contributed by atoms with Crippen LogP contribution in [0.3, 0.4) is 0 Å². The third-order valence-electron chi connectivity index (χ3n) is 7.56. The van der Waals surface area contributed by atoms with Crippen molar-refractivity contribution in [2.45, 2.75) is 61.9 Å². The summed E-state index contributed by atoms with van der Waals surface area (Å²) in [5, 5.41) is 9.34. The van der Waals surface area contributed by atoms with E-state index >= 15 is 0 Å². The maximum atomic E-state index is 14.5. The number of benzene rings is 1. The van der Waals surface area contributed by atoms with E-state index in [-0.39, 0.29) is 69.8 Å². The van der Waals surface area contributed by atoms with Gasteiger partial charge in [0.05, 0.1) is 0 Å². The Hall–Kier alpha value is -1.67. The molecule has 0 radical (unpaired) electrons. The number of rotatable bonds is 8. The molecule has 37 heavy (non-hydrogen) atoms. The highest BCUT2D eigenvalue weighted by Gasteiger charge is 2.55. The Morgan fingerprint density at radius 2 is 1.70 bits per heavy atom. The summed E-state index contributed by atoms with van der Waals surface area (Å²) in [6.07, 6.45) is -3.13. The predicted octanol–water partition coefficient (Wildman–Crippen LogP) is 3.09. The molecule has 0 aromatic heterocycles. The molecule has 2 aliphatic heterocycles. The van der Waals surface area contributed by atoms with Crippen LogP contribution in [0.15, 0.2) is 18.2 Å². The van der Waals surface area contributed by atoms with Crippen LogP contribution < -0.4 is 10.4 Å². The average Bonchev–Trinajstić information content (AvgIpc) is 3.69. The van der Waals surface area contributed by atoms with Gasteiger partial charge in [0.25, 0.3) is 5.91 Å². The number of amides is 1. The number of carbonyl (C=O) groups excluding carboxylic acids is 1. The summed E-state index contributed by atoms with van der Waals surface area (Å²) in [4.78, 5) is 16.7. The van der Waals surface area contributed by atoms with Crippen molar-refractivity contribution >= 4 is 34.0 Å². The SMILES string of the molecule is Cl.O=C(NO)C1(S(=O)(=O)N2CCN(c3ccc(CCCC(F)(F)F)c(F)c3)CC2)CCN(C2CC2)CC1. The minimum absolute atomic E-state index is 0. The Morgan fingerprint density at radius 1 is 1.08 bits per heavy atom.